The first kappa shape index (κ1) is 25.3. The lowest BCUT2D eigenvalue weighted by molar-refractivity contribution is -0.138. The SMILES string of the molecule is FC(F)(F)c1cccc(-c2cc(-c3cccc(C(F)(F)F)c3)c(-c3cccc(C(F)(F)F)c3)cn2)c1. The van der Waals surface area contributed by atoms with Gasteiger partial charge in [-0.2, -0.15) is 39.5 Å². The summed E-state index contributed by atoms with van der Waals surface area (Å²) < 4.78 is 119. The molecular weight excluding hydrogens is 497 g/mol. The zero-order valence-corrected chi connectivity index (χ0v) is 17.9. The van der Waals surface area contributed by atoms with Crippen molar-refractivity contribution in [3.05, 3.63) is 102 Å². The lowest BCUT2D eigenvalue weighted by Crippen LogP contribution is -2.05. The van der Waals surface area contributed by atoms with Crippen LogP contribution in [-0.2, 0) is 18.5 Å². The second-order valence-electron chi connectivity index (χ2n) is 7.85. The Labute approximate surface area is 198 Å². The van der Waals surface area contributed by atoms with Crippen molar-refractivity contribution in [3.8, 4) is 33.5 Å². The zero-order valence-electron chi connectivity index (χ0n) is 17.9. The molecule has 186 valence electrons. The third-order valence-corrected chi connectivity index (χ3v) is 5.39. The number of alkyl halides is 9. The molecule has 0 saturated heterocycles. The predicted molar refractivity (Wildman–Crippen MR) is 116 cm³/mol. The van der Waals surface area contributed by atoms with Crippen LogP contribution in [0.1, 0.15) is 16.7 Å². The average Bonchev–Trinajstić information content (AvgIpc) is 2.82. The van der Waals surface area contributed by atoms with Gasteiger partial charge in [-0.05, 0) is 59.2 Å². The molecule has 0 aliphatic heterocycles. The van der Waals surface area contributed by atoms with Gasteiger partial charge in [0.2, 0.25) is 0 Å². The Balaban J connectivity index is 1.94. The van der Waals surface area contributed by atoms with Crippen LogP contribution >= 0.6 is 0 Å². The molecule has 0 atom stereocenters. The van der Waals surface area contributed by atoms with Crippen molar-refractivity contribution in [3.63, 3.8) is 0 Å². The van der Waals surface area contributed by atoms with E-state index < -0.39 is 35.2 Å². The molecule has 0 aliphatic rings. The van der Waals surface area contributed by atoms with E-state index in [0.717, 1.165) is 60.8 Å². The Morgan fingerprint density at radius 3 is 1.28 bits per heavy atom. The van der Waals surface area contributed by atoms with Gasteiger partial charge in [0.05, 0.1) is 22.4 Å². The molecule has 4 rings (SSSR count). The van der Waals surface area contributed by atoms with Crippen LogP contribution in [-0.4, -0.2) is 4.98 Å². The van der Waals surface area contributed by atoms with E-state index in [2.05, 4.69) is 4.98 Å². The maximum atomic E-state index is 13.3. The van der Waals surface area contributed by atoms with Crippen LogP contribution < -0.4 is 0 Å². The summed E-state index contributed by atoms with van der Waals surface area (Å²) in [6.45, 7) is 0. The number of pyridine rings is 1. The molecule has 4 aromatic rings. The van der Waals surface area contributed by atoms with E-state index in [1.54, 1.807) is 0 Å². The Bertz CT molecular complexity index is 1400. The summed E-state index contributed by atoms with van der Waals surface area (Å²) in [5.74, 6) is 0. The minimum atomic E-state index is -4.69. The van der Waals surface area contributed by atoms with Crippen molar-refractivity contribution < 1.29 is 39.5 Å². The van der Waals surface area contributed by atoms with Gasteiger partial charge >= 0.3 is 18.5 Å². The van der Waals surface area contributed by atoms with E-state index in [-0.39, 0.29) is 33.5 Å². The molecule has 1 heterocycles. The monoisotopic (exact) mass is 511 g/mol. The summed E-state index contributed by atoms with van der Waals surface area (Å²) in [6.07, 6.45) is -12.9. The lowest BCUT2D eigenvalue weighted by atomic mass is 9.92. The second-order valence-corrected chi connectivity index (χ2v) is 7.85. The fourth-order valence-corrected chi connectivity index (χ4v) is 3.66. The summed E-state index contributed by atoms with van der Waals surface area (Å²) in [6, 6.07) is 13.7. The van der Waals surface area contributed by atoms with Crippen LogP contribution in [0, 0.1) is 0 Å². The van der Waals surface area contributed by atoms with E-state index >= 15 is 0 Å². The van der Waals surface area contributed by atoms with Gasteiger partial charge in [0.1, 0.15) is 0 Å². The number of hydrogen-bond donors (Lipinski definition) is 0. The summed E-state index contributed by atoms with van der Waals surface area (Å²) in [7, 11) is 0. The number of hydrogen-bond acceptors (Lipinski definition) is 1. The molecule has 0 fully saturated rings. The van der Waals surface area contributed by atoms with Crippen LogP contribution in [0.25, 0.3) is 33.5 Å². The molecule has 10 heteroatoms. The van der Waals surface area contributed by atoms with Gasteiger partial charge in [0, 0.05) is 17.3 Å². The molecule has 0 aliphatic carbocycles. The van der Waals surface area contributed by atoms with Crippen molar-refractivity contribution in [2.75, 3.05) is 0 Å². The van der Waals surface area contributed by atoms with Crippen molar-refractivity contribution >= 4 is 0 Å². The highest BCUT2D eigenvalue weighted by Crippen LogP contribution is 2.40. The molecular formula is C26H14F9N. The third-order valence-electron chi connectivity index (χ3n) is 5.39. The largest absolute Gasteiger partial charge is 0.416 e. The highest BCUT2D eigenvalue weighted by molar-refractivity contribution is 5.86. The zero-order chi connectivity index (χ0) is 26.3. The van der Waals surface area contributed by atoms with Gasteiger partial charge in [-0.1, -0.05) is 36.4 Å². The molecule has 0 radical (unpaired) electrons. The number of halogens is 9. The molecule has 1 nitrogen and oxygen atoms in total. The van der Waals surface area contributed by atoms with Crippen LogP contribution in [0.2, 0.25) is 0 Å². The standard InChI is InChI=1S/C26H14F9N/c27-24(28,29)18-7-1-4-15(10-18)21-13-23(17-6-3-9-20(12-17)26(33,34)35)36-14-22(21)16-5-2-8-19(11-16)25(30,31)32/h1-14H. The number of rotatable bonds is 3. The first-order valence-corrected chi connectivity index (χ1v) is 10.3. The van der Waals surface area contributed by atoms with Gasteiger partial charge in [-0.15, -0.1) is 0 Å². The highest BCUT2D eigenvalue weighted by Gasteiger charge is 2.33. The quantitative estimate of drug-likeness (QED) is 0.250. The fourth-order valence-electron chi connectivity index (χ4n) is 3.66. The Morgan fingerprint density at radius 1 is 0.444 bits per heavy atom. The number of nitrogens with zero attached hydrogens (tertiary/aromatic N) is 1. The van der Waals surface area contributed by atoms with Gasteiger partial charge in [-0.25, -0.2) is 0 Å². The molecule has 3 aromatic carbocycles. The van der Waals surface area contributed by atoms with Crippen LogP contribution in [0.4, 0.5) is 39.5 Å². The normalized spacial score (nSPS) is 12.6. The minimum absolute atomic E-state index is 0.00392. The summed E-state index contributed by atoms with van der Waals surface area (Å²) in [5.41, 5.74) is -2.70. The molecule has 36 heavy (non-hydrogen) atoms. The van der Waals surface area contributed by atoms with Crippen LogP contribution in [0.15, 0.2) is 85.1 Å². The second kappa shape index (κ2) is 9.00. The first-order valence-electron chi connectivity index (χ1n) is 10.3. The van der Waals surface area contributed by atoms with Crippen molar-refractivity contribution in [2.45, 2.75) is 18.5 Å². The average molecular weight is 511 g/mol. The van der Waals surface area contributed by atoms with E-state index in [0.29, 0.717) is 0 Å². The Kier molecular flexibility index (Phi) is 6.32. The van der Waals surface area contributed by atoms with Crippen LogP contribution in [0.5, 0.6) is 0 Å². The summed E-state index contributed by atoms with van der Waals surface area (Å²) in [5, 5.41) is 0. The third kappa shape index (κ3) is 5.37. The topological polar surface area (TPSA) is 12.9 Å². The van der Waals surface area contributed by atoms with E-state index in [1.165, 1.54) is 24.3 Å². The van der Waals surface area contributed by atoms with Crippen molar-refractivity contribution in [2.24, 2.45) is 0 Å². The number of benzene rings is 3. The van der Waals surface area contributed by atoms with Crippen molar-refractivity contribution in [1.29, 1.82) is 0 Å². The Morgan fingerprint density at radius 2 is 0.833 bits per heavy atom. The van der Waals surface area contributed by atoms with E-state index in [1.807, 2.05) is 0 Å². The maximum Gasteiger partial charge on any atom is 0.416 e. The number of aromatic nitrogens is 1. The minimum Gasteiger partial charge on any atom is -0.256 e. The molecule has 0 spiro atoms. The maximum absolute atomic E-state index is 13.3. The lowest BCUT2D eigenvalue weighted by Gasteiger charge is -2.16. The molecule has 0 unspecified atom stereocenters. The molecule has 0 amide bonds. The van der Waals surface area contributed by atoms with Gasteiger partial charge < -0.3 is 0 Å². The molecule has 1 aromatic heterocycles. The summed E-state index contributed by atoms with van der Waals surface area (Å²) >= 11 is 0. The van der Waals surface area contributed by atoms with Crippen LogP contribution in [0.3, 0.4) is 0 Å². The highest BCUT2D eigenvalue weighted by atomic mass is 19.4. The summed E-state index contributed by atoms with van der Waals surface area (Å²) in [4.78, 5) is 4.13. The molecule has 0 saturated carbocycles. The van der Waals surface area contributed by atoms with E-state index in [4.69, 9.17) is 0 Å². The van der Waals surface area contributed by atoms with Gasteiger partial charge in [-0.3, -0.25) is 4.98 Å². The smallest absolute Gasteiger partial charge is 0.256 e. The molecule has 0 bridgehead atoms. The van der Waals surface area contributed by atoms with Gasteiger partial charge in [0.25, 0.3) is 0 Å². The first-order chi connectivity index (χ1) is 16.7. The van der Waals surface area contributed by atoms with Gasteiger partial charge in [0.15, 0.2) is 0 Å². The molecule has 0 N–H and O–H groups in total. The fraction of sp³-hybridized carbons (Fsp3) is 0.115. The van der Waals surface area contributed by atoms with E-state index in [9.17, 15) is 39.5 Å². The Hall–Kier alpha value is -3.82. The predicted octanol–water partition coefficient (Wildman–Crippen LogP) is 9.14. The van der Waals surface area contributed by atoms with Crippen molar-refractivity contribution in [1.82, 2.24) is 4.98 Å².